The average Bonchev–Trinajstić information content (AvgIpc) is 3.13. The van der Waals surface area contributed by atoms with Crippen molar-refractivity contribution in [1.29, 1.82) is 0 Å². The van der Waals surface area contributed by atoms with Crippen molar-refractivity contribution in [2.75, 3.05) is 21.3 Å². The van der Waals surface area contributed by atoms with E-state index in [-0.39, 0.29) is 34.0 Å². The monoisotopic (exact) mass is 440 g/mol. The number of carbonyl (C=O) groups excluding carboxylic acids is 3. The lowest BCUT2D eigenvalue weighted by atomic mass is 10.0. The molecule has 0 amide bonds. The van der Waals surface area contributed by atoms with Gasteiger partial charge in [0.05, 0.1) is 26.9 Å². The van der Waals surface area contributed by atoms with E-state index in [0.29, 0.717) is 16.7 Å². The predicted molar refractivity (Wildman–Crippen MR) is 114 cm³/mol. The van der Waals surface area contributed by atoms with Gasteiger partial charge < -0.3 is 28.5 Å². The summed E-state index contributed by atoms with van der Waals surface area (Å²) in [7, 11) is 3.92. The second-order valence-corrected chi connectivity index (χ2v) is 6.52. The molecule has 1 heterocycles. The zero-order valence-corrected chi connectivity index (χ0v) is 17.8. The molecular weight excluding hydrogens is 420 g/mol. The van der Waals surface area contributed by atoms with Crippen molar-refractivity contribution in [2.24, 2.45) is 0 Å². The molecule has 0 saturated heterocycles. The van der Waals surface area contributed by atoms with Crippen LogP contribution in [0.2, 0.25) is 0 Å². The van der Waals surface area contributed by atoms with Gasteiger partial charge in [0.15, 0.2) is 5.76 Å². The van der Waals surface area contributed by atoms with Gasteiger partial charge in [0.2, 0.25) is 0 Å². The molecule has 1 N–H and O–H groups in total. The molecule has 0 aliphatic rings. The lowest BCUT2D eigenvalue weighted by molar-refractivity contribution is -0.135. The van der Waals surface area contributed by atoms with E-state index >= 15 is 0 Å². The summed E-state index contributed by atoms with van der Waals surface area (Å²) in [6, 6.07) is 7.28. The van der Waals surface area contributed by atoms with Gasteiger partial charge in [0.25, 0.3) is 0 Å². The minimum absolute atomic E-state index is 0.0508. The molecule has 0 atom stereocenters. The van der Waals surface area contributed by atoms with Crippen LogP contribution in [0.5, 0.6) is 17.2 Å². The maximum atomic E-state index is 12.6. The first-order valence-corrected chi connectivity index (χ1v) is 9.29. The number of furan rings is 1. The summed E-state index contributed by atoms with van der Waals surface area (Å²) in [5.74, 6) is -1.52. The van der Waals surface area contributed by atoms with Crippen molar-refractivity contribution in [3.63, 3.8) is 0 Å². The minimum Gasteiger partial charge on any atom is -0.507 e. The van der Waals surface area contributed by atoms with E-state index in [0.717, 1.165) is 0 Å². The summed E-state index contributed by atoms with van der Waals surface area (Å²) < 4.78 is 25.7. The summed E-state index contributed by atoms with van der Waals surface area (Å²) in [6.07, 6.45) is 2.69. The number of rotatable bonds is 6. The molecule has 0 aliphatic heterocycles. The summed E-state index contributed by atoms with van der Waals surface area (Å²) in [6.45, 7) is 1.24. The third kappa shape index (κ3) is 4.41. The first-order valence-electron chi connectivity index (χ1n) is 9.29. The van der Waals surface area contributed by atoms with Gasteiger partial charge in [-0.2, -0.15) is 0 Å². The summed E-state index contributed by atoms with van der Waals surface area (Å²) >= 11 is 0. The minimum atomic E-state index is -0.699. The molecule has 9 heteroatoms. The lowest BCUT2D eigenvalue weighted by Crippen LogP contribution is -2.03. The molecule has 32 heavy (non-hydrogen) atoms. The van der Waals surface area contributed by atoms with Crippen molar-refractivity contribution in [3.05, 3.63) is 47.5 Å². The van der Waals surface area contributed by atoms with E-state index in [9.17, 15) is 19.5 Å². The lowest BCUT2D eigenvalue weighted by Gasteiger charge is -2.07. The number of methoxy groups -OCH3 is 3. The van der Waals surface area contributed by atoms with E-state index in [1.807, 2.05) is 0 Å². The van der Waals surface area contributed by atoms with Crippen LogP contribution in [0.1, 0.15) is 22.8 Å². The zero-order chi connectivity index (χ0) is 23.4. The number of aromatic hydroxyl groups is 1. The van der Waals surface area contributed by atoms with Gasteiger partial charge in [-0.25, -0.2) is 9.59 Å². The summed E-state index contributed by atoms with van der Waals surface area (Å²) in [5.41, 5.74) is 1.02. The van der Waals surface area contributed by atoms with Crippen LogP contribution in [-0.2, 0) is 19.1 Å². The van der Waals surface area contributed by atoms with Crippen molar-refractivity contribution in [3.8, 4) is 28.6 Å². The highest BCUT2D eigenvalue weighted by Crippen LogP contribution is 2.41. The summed E-state index contributed by atoms with van der Waals surface area (Å²) in [5, 5.41) is 10.9. The van der Waals surface area contributed by atoms with Crippen LogP contribution in [-0.4, -0.2) is 44.3 Å². The number of fused-ring (bicyclic) bond motifs is 1. The number of benzene rings is 2. The van der Waals surface area contributed by atoms with Crippen molar-refractivity contribution in [2.45, 2.75) is 6.92 Å². The molecule has 0 saturated carbocycles. The molecule has 0 radical (unpaired) electrons. The molecule has 0 spiro atoms. The molecule has 2 aromatic carbocycles. The van der Waals surface area contributed by atoms with E-state index in [1.165, 1.54) is 58.6 Å². The molecule has 0 bridgehead atoms. The fourth-order valence-corrected chi connectivity index (χ4v) is 3.10. The number of phenolic OH excluding ortho intramolecular Hbond substituents is 1. The topological polar surface area (TPSA) is 122 Å². The molecule has 3 aromatic rings. The van der Waals surface area contributed by atoms with Crippen molar-refractivity contribution < 1.29 is 42.9 Å². The van der Waals surface area contributed by atoms with Gasteiger partial charge in [-0.15, -0.1) is 0 Å². The van der Waals surface area contributed by atoms with Gasteiger partial charge in [-0.1, -0.05) is 0 Å². The molecule has 0 aliphatic carbocycles. The Kier molecular flexibility index (Phi) is 6.48. The van der Waals surface area contributed by atoms with Crippen LogP contribution < -0.4 is 9.47 Å². The predicted octanol–water partition coefficient (Wildman–Crippen LogP) is 3.71. The zero-order valence-electron chi connectivity index (χ0n) is 17.8. The second kappa shape index (κ2) is 9.25. The van der Waals surface area contributed by atoms with E-state index in [1.54, 1.807) is 12.1 Å². The molecular formula is C23H20O9. The number of hydrogen-bond donors (Lipinski definition) is 1. The fourth-order valence-electron chi connectivity index (χ4n) is 3.10. The Hall–Kier alpha value is -4.27. The highest BCUT2D eigenvalue weighted by Gasteiger charge is 2.26. The van der Waals surface area contributed by atoms with Crippen LogP contribution in [0.4, 0.5) is 0 Å². The molecule has 0 fully saturated rings. The fraction of sp³-hybridized carbons (Fsp3) is 0.174. The molecule has 9 nitrogen and oxygen atoms in total. The van der Waals surface area contributed by atoms with Crippen LogP contribution in [0.15, 0.2) is 40.8 Å². The Morgan fingerprint density at radius 3 is 2.38 bits per heavy atom. The quantitative estimate of drug-likeness (QED) is 0.347. The van der Waals surface area contributed by atoms with Gasteiger partial charge in [-0.05, 0) is 24.3 Å². The van der Waals surface area contributed by atoms with E-state index in [2.05, 4.69) is 4.74 Å². The SMILES string of the molecule is COC(=O)/C=C/c1cc2c(C(=O)OC)c(-c3ccc(OC(C)=O)cc3O)oc2cc1OC. The van der Waals surface area contributed by atoms with Crippen molar-refractivity contribution in [1.82, 2.24) is 0 Å². The van der Waals surface area contributed by atoms with Crippen LogP contribution in [0, 0.1) is 0 Å². The maximum absolute atomic E-state index is 12.6. The first-order chi connectivity index (χ1) is 15.3. The van der Waals surface area contributed by atoms with Crippen LogP contribution in [0.3, 0.4) is 0 Å². The van der Waals surface area contributed by atoms with Gasteiger partial charge >= 0.3 is 17.9 Å². The molecule has 1 aromatic heterocycles. The van der Waals surface area contributed by atoms with E-state index < -0.39 is 17.9 Å². The Labute approximate surface area is 182 Å². The number of ether oxygens (including phenoxy) is 4. The Morgan fingerprint density at radius 1 is 1.03 bits per heavy atom. The van der Waals surface area contributed by atoms with Gasteiger partial charge in [-0.3, -0.25) is 4.79 Å². The smallest absolute Gasteiger partial charge is 0.342 e. The number of hydrogen-bond acceptors (Lipinski definition) is 9. The number of phenols is 1. The Bertz CT molecular complexity index is 1230. The normalized spacial score (nSPS) is 10.9. The summed E-state index contributed by atoms with van der Waals surface area (Å²) in [4.78, 5) is 35.3. The number of carbonyl (C=O) groups is 3. The average molecular weight is 440 g/mol. The van der Waals surface area contributed by atoms with Gasteiger partial charge in [0.1, 0.15) is 28.4 Å². The van der Waals surface area contributed by atoms with Crippen molar-refractivity contribution >= 4 is 35.0 Å². The second-order valence-electron chi connectivity index (χ2n) is 6.52. The number of esters is 3. The van der Waals surface area contributed by atoms with Crippen LogP contribution in [0.25, 0.3) is 28.4 Å². The first kappa shape index (κ1) is 22.4. The standard InChI is InChI=1S/C23H20O9/c1-12(24)31-14-6-7-15(17(25)10-14)22-21(23(27)30-4)16-9-13(5-8-20(26)29-3)18(28-2)11-19(16)32-22/h5-11,25H,1-4H3/b8-5+. The highest BCUT2D eigenvalue weighted by molar-refractivity contribution is 6.10. The molecule has 0 unspecified atom stereocenters. The third-order valence-electron chi connectivity index (χ3n) is 4.51. The highest BCUT2D eigenvalue weighted by atomic mass is 16.5. The van der Waals surface area contributed by atoms with Gasteiger partial charge in [0, 0.05) is 36.1 Å². The Balaban J connectivity index is 2.23. The van der Waals surface area contributed by atoms with Crippen LogP contribution >= 0.6 is 0 Å². The maximum Gasteiger partial charge on any atom is 0.342 e. The molecule has 166 valence electrons. The largest absolute Gasteiger partial charge is 0.507 e. The van der Waals surface area contributed by atoms with E-state index in [4.69, 9.17) is 18.6 Å². The Morgan fingerprint density at radius 2 is 1.78 bits per heavy atom. The third-order valence-corrected chi connectivity index (χ3v) is 4.51. The molecule has 3 rings (SSSR count).